The molecule has 0 unspecified atom stereocenters. The SMILES string of the molecule is COc1ccc(CCNC(=S)N(Cc2ccccc2)Cc2cc3cc(C)c(C)cc3[nH]c2=O)cc1OC. The van der Waals surface area contributed by atoms with Crippen LogP contribution in [0.2, 0.25) is 0 Å². The van der Waals surface area contributed by atoms with E-state index in [1.54, 1.807) is 14.2 Å². The van der Waals surface area contributed by atoms with Crippen LogP contribution in [0, 0.1) is 13.8 Å². The summed E-state index contributed by atoms with van der Waals surface area (Å²) in [7, 11) is 3.26. The normalized spacial score (nSPS) is 10.8. The van der Waals surface area contributed by atoms with Gasteiger partial charge in [0.15, 0.2) is 16.6 Å². The molecule has 0 aliphatic rings. The van der Waals surface area contributed by atoms with Gasteiger partial charge >= 0.3 is 0 Å². The highest BCUT2D eigenvalue weighted by Crippen LogP contribution is 2.27. The summed E-state index contributed by atoms with van der Waals surface area (Å²) in [6.45, 7) is 5.77. The van der Waals surface area contributed by atoms with Crippen LogP contribution in [-0.2, 0) is 19.5 Å². The van der Waals surface area contributed by atoms with E-state index in [1.165, 1.54) is 5.56 Å². The lowest BCUT2D eigenvalue weighted by molar-refractivity contribution is 0.354. The molecule has 0 aliphatic heterocycles. The highest BCUT2D eigenvalue weighted by molar-refractivity contribution is 7.80. The van der Waals surface area contributed by atoms with Gasteiger partial charge in [0.2, 0.25) is 0 Å². The molecule has 2 N–H and O–H groups in total. The van der Waals surface area contributed by atoms with Crippen molar-refractivity contribution in [1.82, 2.24) is 15.2 Å². The van der Waals surface area contributed by atoms with Crippen LogP contribution in [0.1, 0.15) is 27.8 Å². The Morgan fingerprint density at radius 2 is 1.62 bits per heavy atom. The summed E-state index contributed by atoms with van der Waals surface area (Å²) in [5.74, 6) is 1.41. The molecule has 4 aromatic rings. The van der Waals surface area contributed by atoms with Crippen LogP contribution in [0.5, 0.6) is 11.5 Å². The van der Waals surface area contributed by atoms with Gasteiger partial charge in [-0.3, -0.25) is 4.79 Å². The van der Waals surface area contributed by atoms with Gasteiger partial charge in [-0.2, -0.15) is 0 Å². The largest absolute Gasteiger partial charge is 0.493 e. The fourth-order valence-electron chi connectivity index (χ4n) is 4.31. The maximum Gasteiger partial charge on any atom is 0.253 e. The average molecular weight is 516 g/mol. The van der Waals surface area contributed by atoms with E-state index in [0.29, 0.717) is 41.8 Å². The molecule has 0 bridgehead atoms. The molecule has 0 amide bonds. The quantitative estimate of drug-likeness (QED) is 0.296. The zero-order chi connectivity index (χ0) is 26.4. The number of nitrogens with zero attached hydrogens (tertiary/aromatic N) is 1. The van der Waals surface area contributed by atoms with Crippen molar-refractivity contribution in [2.75, 3.05) is 20.8 Å². The number of aromatic amines is 1. The zero-order valence-electron chi connectivity index (χ0n) is 21.8. The van der Waals surface area contributed by atoms with Crippen molar-refractivity contribution in [3.63, 3.8) is 0 Å². The number of H-pyrrole nitrogens is 1. The molecule has 7 heteroatoms. The fourth-order valence-corrected chi connectivity index (χ4v) is 4.54. The first-order valence-corrected chi connectivity index (χ1v) is 12.7. The van der Waals surface area contributed by atoms with Crippen LogP contribution in [0.4, 0.5) is 0 Å². The van der Waals surface area contributed by atoms with E-state index in [-0.39, 0.29) is 5.56 Å². The number of pyridine rings is 1. The van der Waals surface area contributed by atoms with Crippen molar-refractivity contribution in [3.05, 3.63) is 105 Å². The lowest BCUT2D eigenvalue weighted by atomic mass is 10.0. The van der Waals surface area contributed by atoms with Gasteiger partial charge in [0.05, 0.1) is 20.8 Å². The maximum absolute atomic E-state index is 13.0. The number of benzene rings is 3. The number of hydrogen-bond acceptors (Lipinski definition) is 4. The van der Waals surface area contributed by atoms with Gasteiger partial charge in [0, 0.05) is 24.2 Å². The molecule has 1 aromatic heterocycles. The highest BCUT2D eigenvalue weighted by Gasteiger charge is 2.15. The number of aryl methyl sites for hydroxylation is 2. The van der Waals surface area contributed by atoms with Gasteiger partial charge in [-0.25, -0.2) is 0 Å². The van der Waals surface area contributed by atoms with Crippen molar-refractivity contribution in [3.8, 4) is 11.5 Å². The molecule has 0 aliphatic carbocycles. The summed E-state index contributed by atoms with van der Waals surface area (Å²) >= 11 is 5.81. The second-order valence-electron chi connectivity index (χ2n) is 9.16. The van der Waals surface area contributed by atoms with Crippen molar-refractivity contribution in [1.29, 1.82) is 0 Å². The maximum atomic E-state index is 13.0. The minimum Gasteiger partial charge on any atom is -0.493 e. The van der Waals surface area contributed by atoms with Crippen molar-refractivity contribution >= 4 is 28.2 Å². The molecule has 6 nitrogen and oxygen atoms in total. The number of hydrogen-bond donors (Lipinski definition) is 2. The predicted molar refractivity (Wildman–Crippen MR) is 154 cm³/mol. The molecule has 0 spiro atoms. The molecular weight excluding hydrogens is 482 g/mol. The molecule has 1 heterocycles. The minimum absolute atomic E-state index is 0.0954. The lowest BCUT2D eigenvalue weighted by Gasteiger charge is -2.26. The molecule has 0 fully saturated rings. The van der Waals surface area contributed by atoms with Gasteiger partial charge in [0.1, 0.15) is 0 Å². The van der Waals surface area contributed by atoms with Crippen LogP contribution < -0.4 is 20.3 Å². The fraction of sp³-hybridized carbons (Fsp3) is 0.267. The molecule has 3 aromatic carbocycles. The summed E-state index contributed by atoms with van der Waals surface area (Å²) in [5.41, 5.74) is 6.01. The van der Waals surface area contributed by atoms with Gasteiger partial charge in [-0.15, -0.1) is 0 Å². The van der Waals surface area contributed by atoms with Gasteiger partial charge in [-0.1, -0.05) is 36.4 Å². The van der Waals surface area contributed by atoms with Gasteiger partial charge in [0.25, 0.3) is 5.56 Å². The molecule has 0 saturated heterocycles. The second-order valence-corrected chi connectivity index (χ2v) is 9.55. The van der Waals surface area contributed by atoms with Crippen molar-refractivity contribution in [2.45, 2.75) is 33.4 Å². The van der Waals surface area contributed by atoms with E-state index >= 15 is 0 Å². The first-order chi connectivity index (χ1) is 17.9. The summed E-state index contributed by atoms with van der Waals surface area (Å²) < 4.78 is 10.7. The minimum atomic E-state index is -0.0954. The zero-order valence-corrected chi connectivity index (χ0v) is 22.6. The third kappa shape index (κ3) is 6.49. The Balaban J connectivity index is 1.52. The smallest absolute Gasteiger partial charge is 0.253 e. The Morgan fingerprint density at radius 1 is 0.892 bits per heavy atom. The Hall–Kier alpha value is -3.84. The summed E-state index contributed by atoms with van der Waals surface area (Å²) in [4.78, 5) is 18.1. The Labute approximate surface area is 223 Å². The van der Waals surface area contributed by atoms with Crippen LogP contribution in [0.25, 0.3) is 10.9 Å². The standard InChI is InChI=1S/C30H33N3O3S/c1-20-14-24-17-25(29(34)32-26(24)15-21(20)2)19-33(18-23-8-6-5-7-9-23)30(37)31-13-12-22-10-11-27(35-3)28(16-22)36-4/h5-11,14-17H,12-13,18-19H2,1-4H3,(H,31,37)(H,32,34). The number of nitrogens with one attached hydrogen (secondary N) is 2. The summed E-state index contributed by atoms with van der Waals surface area (Å²) in [6, 6.07) is 22.2. The number of aromatic nitrogens is 1. The van der Waals surface area contributed by atoms with E-state index in [9.17, 15) is 4.79 Å². The molecule has 192 valence electrons. The van der Waals surface area contributed by atoms with Crippen molar-refractivity contribution in [2.24, 2.45) is 0 Å². The third-order valence-corrected chi connectivity index (χ3v) is 6.94. The number of ether oxygens (including phenoxy) is 2. The summed E-state index contributed by atoms with van der Waals surface area (Å²) in [5, 5.41) is 5.00. The second kappa shape index (κ2) is 11.9. The van der Waals surface area contributed by atoms with Crippen LogP contribution >= 0.6 is 12.2 Å². The van der Waals surface area contributed by atoms with Crippen LogP contribution in [0.15, 0.2) is 71.5 Å². The summed E-state index contributed by atoms with van der Waals surface area (Å²) in [6.07, 6.45) is 0.759. The molecule has 4 rings (SSSR count). The van der Waals surface area contributed by atoms with E-state index in [1.807, 2.05) is 53.4 Å². The molecule has 0 atom stereocenters. The van der Waals surface area contributed by atoms with Gasteiger partial charge < -0.3 is 24.7 Å². The highest BCUT2D eigenvalue weighted by atomic mass is 32.1. The molecular formula is C30H33N3O3S. The molecule has 37 heavy (non-hydrogen) atoms. The first-order valence-electron chi connectivity index (χ1n) is 12.3. The first kappa shape index (κ1) is 26.2. The Morgan fingerprint density at radius 3 is 2.35 bits per heavy atom. The van der Waals surface area contributed by atoms with E-state index < -0.39 is 0 Å². The molecule has 0 saturated carbocycles. The van der Waals surface area contributed by atoms with E-state index in [2.05, 4.69) is 42.3 Å². The number of thiocarbonyl (C=S) groups is 1. The Bertz CT molecular complexity index is 1450. The average Bonchev–Trinajstić information content (AvgIpc) is 2.90. The topological polar surface area (TPSA) is 66.6 Å². The predicted octanol–water partition coefficient (Wildman–Crippen LogP) is 5.28. The van der Waals surface area contributed by atoms with Crippen molar-refractivity contribution < 1.29 is 9.47 Å². The van der Waals surface area contributed by atoms with Crippen LogP contribution in [-0.4, -0.2) is 35.8 Å². The van der Waals surface area contributed by atoms with Gasteiger partial charge in [-0.05, 0) is 90.5 Å². The number of rotatable bonds is 9. The third-order valence-electron chi connectivity index (χ3n) is 6.54. The van der Waals surface area contributed by atoms with E-state index in [0.717, 1.165) is 34.0 Å². The molecule has 0 radical (unpaired) electrons. The number of methoxy groups -OCH3 is 2. The Kier molecular flexibility index (Phi) is 8.46. The lowest BCUT2D eigenvalue weighted by Crippen LogP contribution is -2.40. The van der Waals surface area contributed by atoms with Crippen LogP contribution in [0.3, 0.4) is 0 Å². The monoisotopic (exact) mass is 515 g/mol. The number of fused-ring (bicyclic) bond motifs is 1. The van der Waals surface area contributed by atoms with E-state index in [4.69, 9.17) is 21.7 Å².